The largest absolute Gasteiger partial charge is 0.451 e. The van der Waals surface area contributed by atoms with E-state index in [1.807, 2.05) is 27.7 Å². The molecule has 0 fully saturated rings. The van der Waals surface area contributed by atoms with Gasteiger partial charge in [0.05, 0.1) is 11.3 Å². The van der Waals surface area contributed by atoms with Crippen LogP contribution >= 0.6 is 0 Å². The molecule has 0 unspecified atom stereocenters. The Kier molecular flexibility index (Phi) is 3.74. The van der Waals surface area contributed by atoms with Gasteiger partial charge in [-0.15, -0.1) is 0 Å². The maximum absolute atomic E-state index is 11.9. The molecule has 0 saturated heterocycles. The molecule has 0 aliphatic heterocycles. The Bertz CT molecular complexity index is 562. The maximum Gasteiger partial charge on any atom is 0.287 e. The lowest BCUT2D eigenvalue weighted by Crippen LogP contribution is -2.26. The van der Waals surface area contributed by atoms with Gasteiger partial charge in [-0.25, -0.2) is 0 Å². The molecule has 0 aliphatic carbocycles. The van der Waals surface area contributed by atoms with Crippen molar-refractivity contribution in [2.45, 2.75) is 27.7 Å². The first-order valence-corrected chi connectivity index (χ1v) is 6.39. The molecular formula is C14H19N3O2. The van der Waals surface area contributed by atoms with Crippen molar-refractivity contribution >= 4 is 5.91 Å². The monoisotopic (exact) mass is 261 g/mol. The van der Waals surface area contributed by atoms with Crippen molar-refractivity contribution in [1.29, 1.82) is 0 Å². The van der Waals surface area contributed by atoms with E-state index in [9.17, 15) is 4.79 Å². The highest BCUT2D eigenvalue weighted by molar-refractivity contribution is 5.92. The average molecular weight is 261 g/mol. The molecular weight excluding hydrogens is 242 g/mol. The van der Waals surface area contributed by atoms with Crippen molar-refractivity contribution in [2.24, 2.45) is 5.92 Å². The van der Waals surface area contributed by atoms with Crippen LogP contribution in [0.3, 0.4) is 0 Å². The molecule has 0 spiro atoms. The quantitative estimate of drug-likeness (QED) is 0.888. The number of amides is 1. The molecule has 2 aromatic heterocycles. The molecule has 2 rings (SSSR count). The predicted molar refractivity (Wildman–Crippen MR) is 72.9 cm³/mol. The summed E-state index contributed by atoms with van der Waals surface area (Å²) in [6.07, 6.45) is 0. The summed E-state index contributed by atoms with van der Waals surface area (Å²) in [7, 11) is 0. The summed E-state index contributed by atoms with van der Waals surface area (Å²) in [6.45, 7) is 8.56. The molecule has 1 amide bonds. The minimum absolute atomic E-state index is 0.182. The zero-order valence-electron chi connectivity index (χ0n) is 11.7. The highest BCUT2D eigenvalue weighted by Crippen LogP contribution is 2.27. The van der Waals surface area contributed by atoms with Gasteiger partial charge in [-0.1, -0.05) is 13.8 Å². The lowest BCUT2D eigenvalue weighted by Gasteiger charge is -2.05. The summed E-state index contributed by atoms with van der Waals surface area (Å²) in [4.78, 5) is 11.9. The summed E-state index contributed by atoms with van der Waals surface area (Å²) >= 11 is 0. The lowest BCUT2D eigenvalue weighted by atomic mass is 10.1. The standard InChI is InChI=1S/C14H19N3O2/c1-8(2)7-15-14(18)12-6-5-11(19-12)13-9(3)16-17-10(13)4/h5-6,8H,7H2,1-4H3,(H,15,18)(H,16,17). The van der Waals surface area contributed by atoms with E-state index in [1.54, 1.807) is 12.1 Å². The van der Waals surface area contributed by atoms with Crippen LogP contribution in [0.15, 0.2) is 16.5 Å². The third-order valence-electron chi connectivity index (χ3n) is 2.88. The summed E-state index contributed by atoms with van der Waals surface area (Å²) in [5.41, 5.74) is 2.71. The van der Waals surface area contributed by atoms with Crippen LogP contribution in [0, 0.1) is 19.8 Å². The molecule has 19 heavy (non-hydrogen) atoms. The van der Waals surface area contributed by atoms with Crippen LogP contribution in [0.5, 0.6) is 0 Å². The number of aryl methyl sites for hydroxylation is 2. The smallest absolute Gasteiger partial charge is 0.287 e. The van der Waals surface area contributed by atoms with E-state index in [2.05, 4.69) is 15.5 Å². The third kappa shape index (κ3) is 2.86. The Morgan fingerprint density at radius 2 is 2.16 bits per heavy atom. The third-order valence-corrected chi connectivity index (χ3v) is 2.88. The van der Waals surface area contributed by atoms with Gasteiger partial charge in [-0.05, 0) is 31.9 Å². The Morgan fingerprint density at radius 3 is 2.74 bits per heavy atom. The number of nitrogens with one attached hydrogen (secondary N) is 2. The van der Waals surface area contributed by atoms with Gasteiger partial charge in [-0.2, -0.15) is 5.10 Å². The van der Waals surface area contributed by atoms with E-state index in [-0.39, 0.29) is 5.91 Å². The molecule has 2 heterocycles. The van der Waals surface area contributed by atoms with Gasteiger partial charge < -0.3 is 9.73 Å². The first-order chi connectivity index (χ1) is 8.99. The van der Waals surface area contributed by atoms with Crippen LogP contribution in [0.25, 0.3) is 11.3 Å². The number of rotatable bonds is 4. The van der Waals surface area contributed by atoms with Gasteiger partial charge in [0.1, 0.15) is 5.76 Å². The summed E-state index contributed by atoms with van der Waals surface area (Å²) in [6, 6.07) is 3.49. The lowest BCUT2D eigenvalue weighted by molar-refractivity contribution is 0.0922. The second-order valence-electron chi connectivity index (χ2n) is 5.08. The van der Waals surface area contributed by atoms with E-state index < -0.39 is 0 Å². The fourth-order valence-corrected chi connectivity index (χ4v) is 1.89. The predicted octanol–water partition coefficient (Wildman–Crippen LogP) is 2.67. The zero-order chi connectivity index (χ0) is 14.0. The molecule has 5 heteroatoms. The van der Waals surface area contributed by atoms with Crippen LogP contribution in [-0.4, -0.2) is 22.6 Å². The molecule has 2 N–H and O–H groups in total. The highest BCUT2D eigenvalue weighted by Gasteiger charge is 2.16. The second-order valence-corrected chi connectivity index (χ2v) is 5.08. The van der Waals surface area contributed by atoms with Crippen LogP contribution in [0.2, 0.25) is 0 Å². The second kappa shape index (κ2) is 5.30. The van der Waals surface area contributed by atoms with Gasteiger partial charge in [-0.3, -0.25) is 9.89 Å². The fourth-order valence-electron chi connectivity index (χ4n) is 1.89. The number of nitrogens with zero attached hydrogens (tertiary/aromatic N) is 1. The molecule has 0 radical (unpaired) electrons. The van der Waals surface area contributed by atoms with Crippen LogP contribution in [-0.2, 0) is 0 Å². The van der Waals surface area contributed by atoms with Crippen molar-refractivity contribution < 1.29 is 9.21 Å². The number of aromatic amines is 1. The maximum atomic E-state index is 11.9. The summed E-state index contributed by atoms with van der Waals surface area (Å²) in [5.74, 6) is 1.23. The van der Waals surface area contributed by atoms with E-state index in [0.29, 0.717) is 24.0 Å². The van der Waals surface area contributed by atoms with E-state index in [1.165, 1.54) is 0 Å². The van der Waals surface area contributed by atoms with Crippen LogP contribution in [0.1, 0.15) is 35.8 Å². The Labute approximate surface area is 112 Å². The SMILES string of the molecule is Cc1n[nH]c(C)c1-c1ccc(C(=O)NCC(C)C)o1. The van der Waals surface area contributed by atoms with E-state index >= 15 is 0 Å². The minimum Gasteiger partial charge on any atom is -0.451 e. The molecule has 0 saturated carbocycles. The molecule has 5 nitrogen and oxygen atoms in total. The first kappa shape index (κ1) is 13.4. The Morgan fingerprint density at radius 1 is 1.42 bits per heavy atom. The Balaban J connectivity index is 2.18. The number of carbonyl (C=O) groups excluding carboxylic acids is 1. The molecule has 0 atom stereocenters. The number of aromatic nitrogens is 2. The van der Waals surface area contributed by atoms with Crippen molar-refractivity contribution in [3.8, 4) is 11.3 Å². The van der Waals surface area contributed by atoms with Gasteiger partial charge in [0.15, 0.2) is 5.76 Å². The number of hydrogen-bond acceptors (Lipinski definition) is 3. The van der Waals surface area contributed by atoms with Gasteiger partial charge >= 0.3 is 0 Å². The topological polar surface area (TPSA) is 70.9 Å². The van der Waals surface area contributed by atoms with E-state index in [4.69, 9.17) is 4.42 Å². The molecule has 102 valence electrons. The van der Waals surface area contributed by atoms with Gasteiger partial charge in [0, 0.05) is 12.2 Å². The normalized spacial score (nSPS) is 11.0. The highest BCUT2D eigenvalue weighted by atomic mass is 16.3. The zero-order valence-corrected chi connectivity index (χ0v) is 11.7. The van der Waals surface area contributed by atoms with Crippen molar-refractivity contribution in [3.05, 3.63) is 29.3 Å². The molecule has 2 aromatic rings. The van der Waals surface area contributed by atoms with Crippen LogP contribution < -0.4 is 5.32 Å². The minimum atomic E-state index is -0.182. The fraction of sp³-hybridized carbons (Fsp3) is 0.429. The van der Waals surface area contributed by atoms with Crippen LogP contribution in [0.4, 0.5) is 0 Å². The van der Waals surface area contributed by atoms with Crippen molar-refractivity contribution in [1.82, 2.24) is 15.5 Å². The van der Waals surface area contributed by atoms with Gasteiger partial charge in [0.2, 0.25) is 0 Å². The number of furan rings is 1. The summed E-state index contributed by atoms with van der Waals surface area (Å²) < 4.78 is 5.61. The molecule has 0 aromatic carbocycles. The first-order valence-electron chi connectivity index (χ1n) is 6.39. The van der Waals surface area contributed by atoms with Crippen molar-refractivity contribution in [3.63, 3.8) is 0 Å². The van der Waals surface area contributed by atoms with E-state index in [0.717, 1.165) is 17.0 Å². The van der Waals surface area contributed by atoms with Crippen molar-refractivity contribution in [2.75, 3.05) is 6.54 Å². The Hall–Kier alpha value is -2.04. The number of H-pyrrole nitrogens is 1. The summed E-state index contributed by atoms with van der Waals surface area (Å²) in [5, 5.41) is 9.85. The number of hydrogen-bond donors (Lipinski definition) is 2. The average Bonchev–Trinajstić information content (AvgIpc) is 2.93. The number of carbonyl (C=O) groups is 1. The molecule has 0 bridgehead atoms. The van der Waals surface area contributed by atoms with Gasteiger partial charge in [0.25, 0.3) is 5.91 Å². The molecule has 0 aliphatic rings.